The lowest BCUT2D eigenvalue weighted by atomic mass is 10.2. The minimum absolute atomic E-state index is 0.231. The molecule has 4 rings (SSSR count). The molecule has 7 nitrogen and oxygen atoms in total. The molecule has 0 spiro atoms. The first-order valence-electron chi connectivity index (χ1n) is 9.03. The zero-order valence-electron chi connectivity index (χ0n) is 15.4. The van der Waals surface area contributed by atoms with Crippen molar-refractivity contribution in [3.05, 3.63) is 36.7 Å². The van der Waals surface area contributed by atoms with Crippen LogP contribution in [0, 0.1) is 0 Å². The minimum atomic E-state index is 0.231. The summed E-state index contributed by atoms with van der Waals surface area (Å²) >= 11 is 6.95. The van der Waals surface area contributed by atoms with Crippen molar-refractivity contribution in [3.63, 3.8) is 0 Å². The van der Waals surface area contributed by atoms with Crippen LogP contribution >= 0.6 is 23.6 Å². The van der Waals surface area contributed by atoms with Gasteiger partial charge in [-0.15, -0.1) is 11.3 Å². The second kappa shape index (κ2) is 8.68. The van der Waals surface area contributed by atoms with Crippen LogP contribution in [0.2, 0.25) is 0 Å². The molecule has 3 N–H and O–H groups in total. The number of fused-ring (bicyclic) bond motifs is 1. The van der Waals surface area contributed by atoms with E-state index in [2.05, 4.69) is 32.2 Å². The number of hydrogen-bond donors (Lipinski definition) is 3. The first kappa shape index (κ1) is 18.9. The first-order valence-corrected chi connectivity index (χ1v) is 10.3. The van der Waals surface area contributed by atoms with E-state index in [-0.39, 0.29) is 6.10 Å². The molecule has 146 valence electrons. The summed E-state index contributed by atoms with van der Waals surface area (Å²) in [4.78, 5) is 9.84. The van der Waals surface area contributed by atoms with Crippen LogP contribution in [0.4, 0.5) is 5.82 Å². The number of hydrogen-bond acceptors (Lipinski definition) is 7. The van der Waals surface area contributed by atoms with Gasteiger partial charge in [-0.3, -0.25) is 10.9 Å². The lowest BCUT2D eigenvalue weighted by Crippen LogP contribution is -2.42. The van der Waals surface area contributed by atoms with Crippen molar-refractivity contribution >= 4 is 44.7 Å². The highest BCUT2D eigenvalue weighted by atomic mass is 32.1. The Morgan fingerprint density at radius 3 is 2.93 bits per heavy atom. The van der Waals surface area contributed by atoms with Crippen LogP contribution < -0.4 is 20.9 Å². The Morgan fingerprint density at radius 2 is 2.18 bits per heavy atom. The highest BCUT2D eigenvalue weighted by Crippen LogP contribution is 2.35. The molecule has 0 aliphatic carbocycles. The maximum absolute atomic E-state index is 5.59. The van der Waals surface area contributed by atoms with E-state index in [0.29, 0.717) is 17.5 Å². The Labute approximate surface area is 172 Å². The molecule has 0 saturated carbocycles. The second-order valence-corrected chi connectivity index (χ2v) is 7.83. The zero-order valence-corrected chi connectivity index (χ0v) is 17.0. The van der Waals surface area contributed by atoms with Crippen LogP contribution in [0.5, 0.6) is 5.75 Å². The quantitative estimate of drug-likeness (QED) is 0.418. The van der Waals surface area contributed by atoms with Crippen molar-refractivity contribution in [1.29, 1.82) is 0 Å². The van der Waals surface area contributed by atoms with Gasteiger partial charge >= 0.3 is 0 Å². The van der Waals surface area contributed by atoms with E-state index in [4.69, 9.17) is 21.7 Å². The zero-order chi connectivity index (χ0) is 19.3. The summed E-state index contributed by atoms with van der Waals surface area (Å²) < 4.78 is 11.8. The molecule has 1 saturated heterocycles. The average molecular weight is 416 g/mol. The average Bonchev–Trinajstić information content (AvgIpc) is 3.40. The Morgan fingerprint density at radius 1 is 1.32 bits per heavy atom. The fourth-order valence-corrected chi connectivity index (χ4v) is 4.21. The van der Waals surface area contributed by atoms with Crippen LogP contribution in [0.3, 0.4) is 0 Å². The van der Waals surface area contributed by atoms with E-state index < -0.39 is 0 Å². The highest BCUT2D eigenvalue weighted by molar-refractivity contribution is 7.80. The van der Waals surface area contributed by atoms with Crippen LogP contribution in [-0.2, 0) is 4.74 Å². The number of benzene rings is 1. The Hall–Kier alpha value is -2.49. The molecule has 0 bridgehead atoms. The number of methoxy groups -OCH3 is 1. The predicted octanol–water partition coefficient (Wildman–Crippen LogP) is 3.34. The van der Waals surface area contributed by atoms with Crippen molar-refractivity contribution in [2.75, 3.05) is 25.7 Å². The fourth-order valence-electron chi connectivity index (χ4n) is 3.01. The maximum Gasteiger partial charge on any atom is 0.185 e. The Bertz CT molecular complexity index is 955. The fraction of sp³-hybridized carbons (Fsp3) is 0.316. The molecule has 1 aromatic carbocycles. The van der Waals surface area contributed by atoms with Gasteiger partial charge in [-0.2, -0.15) is 0 Å². The second-order valence-electron chi connectivity index (χ2n) is 6.37. The summed E-state index contributed by atoms with van der Waals surface area (Å²) in [7, 11) is 1.66. The normalized spacial score (nSPS) is 16.1. The van der Waals surface area contributed by atoms with Crippen LogP contribution in [0.1, 0.15) is 12.8 Å². The van der Waals surface area contributed by atoms with E-state index in [1.54, 1.807) is 24.8 Å². The molecule has 1 aliphatic heterocycles. The molecular weight excluding hydrogens is 394 g/mol. The summed E-state index contributed by atoms with van der Waals surface area (Å²) in [5, 5.41) is 3.67. The van der Waals surface area contributed by atoms with Crippen LogP contribution in [-0.4, -0.2) is 41.4 Å². The van der Waals surface area contributed by atoms with Gasteiger partial charge in [0.25, 0.3) is 0 Å². The van der Waals surface area contributed by atoms with Gasteiger partial charge in [0.2, 0.25) is 0 Å². The topological polar surface area (TPSA) is 80.3 Å². The SMILES string of the molecule is COc1ccc(-c2cc3ncnc(NNC(=S)NC[C@H]4CCCO4)c3s2)cc1. The van der Waals surface area contributed by atoms with Gasteiger partial charge in [-0.1, -0.05) is 0 Å². The molecule has 2 aromatic heterocycles. The van der Waals surface area contributed by atoms with Crippen LogP contribution in [0.15, 0.2) is 36.7 Å². The molecule has 0 radical (unpaired) electrons. The number of hydrazine groups is 1. The molecule has 1 fully saturated rings. The minimum Gasteiger partial charge on any atom is -0.497 e. The summed E-state index contributed by atoms with van der Waals surface area (Å²) in [6.07, 6.45) is 3.95. The molecule has 1 aliphatic rings. The third-order valence-corrected chi connectivity index (χ3v) is 5.92. The molecule has 1 atom stereocenters. The summed E-state index contributed by atoms with van der Waals surface area (Å²) in [6, 6.07) is 10.0. The number of nitrogens with zero attached hydrogens (tertiary/aromatic N) is 2. The number of rotatable bonds is 6. The van der Waals surface area contributed by atoms with Crippen LogP contribution in [0.25, 0.3) is 20.7 Å². The van der Waals surface area contributed by atoms with E-state index >= 15 is 0 Å². The largest absolute Gasteiger partial charge is 0.497 e. The van der Waals surface area contributed by atoms with Gasteiger partial charge in [0, 0.05) is 18.0 Å². The molecule has 9 heteroatoms. The number of aromatic nitrogens is 2. The predicted molar refractivity (Wildman–Crippen MR) is 116 cm³/mol. The molecule has 0 amide bonds. The third-order valence-electron chi connectivity index (χ3n) is 4.49. The van der Waals surface area contributed by atoms with E-state index in [0.717, 1.165) is 45.9 Å². The van der Waals surface area contributed by atoms with Crippen molar-refractivity contribution in [1.82, 2.24) is 20.7 Å². The molecule has 3 aromatic rings. The molecular formula is C19H21N5O2S2. The lowest BCUT2D eigenvalue weighted by Gasteiger charge is -2.14. The molecule has 28 heavy (non-hydrogen) atoms. The number of ether oxygens (including phenoxy) is 2. The lowest BCUT2D eigenvalue weighted by molar-refractivity contribution is 0.114. The van der Waals surface area contributed by atoms with Gasteiger partial charge in [0.05, 0.1) is 23.4 Å². The van der Waals surface area contributed by atoms with Gasteiger partial charge < -0.3 is 14.8 Å². The van der Waals surface area contributed by atoms with Crippen molar-refractivity contribution in [3.8, 4) is 16.2 Å². The molecule has 3 heterocycles. The standard InChI is InChI=1S/C19H21N5O2S2/c1-25-13-6-4-12(5-7-13)16-9-15-17(28-16)18(22-11-21-15)23-24-19(27)20-10-14-3-2-8-26-14/h4-7,9,11,14H,2-3,8,10H2,1H3,(H2,20,24,27)(H,21,22,23)/t14-/m1/s1. The maximum atomic E-state index is 5.59. The number of thiocarbonyl (C=S) groups is 1. The van der Waals surface area contributed by atoms with E-state index in [1.165, 1.54) is 0 Å². The monoisotopic (exact) mass is 415 g/mol. The summed E-state index contributed by atoms with van der Waals surface area (Å²) in [6.45, 7) is 1.53. The van der Waals surface area contributed by atoms with Crippen molar-refractivity contribution < 1.29 is 9.47 Å². The van der Waals surface area contributed by atoms with E-state index in [9.17, 15) is 0 Å². The number of thiophene rings is 1. The Balaban J connectivity index is 1.43. The first-order chi connectivity index (χ1) is 13.7. The van der Waals surface area contributed by atoms with Crippen molar-refractivity contribution in [2.45, 2.75) is 18.9 Å². The van der Waals surface area contributed by atoms with E-state index in [1.807, 2.05) is 24.3 Å². The Kier molecular flexibility index (Phi) is 5.84. The number of nitrogens with one attached hydrogen (secondary N) is 3. The highest BCUT2D eigenvalue weighted by Gasteiger charge is 2.15. The third kappa shape index (κ3) is 4.32. The van der Waals surface area contributed by atoms with Gasteiger partial charge in [0.1, 0.15) is 12.1 Å². The van der Waals surface area contributed by atoms with Gasteiger partial charge in [-0.05, 0) is 61.0 Å². The van der Waals surface area contributed by atoms with Gasteiger partial charge in [-0.25, -0.2) is 9.97 Å². The summed E-state index contributed by atoms with van der Waals surface area (Å²) in [5.41, 5.74) is 8.07. The smallest absolute Gasteiger partial charge is 0.185 e. The number of anilines is 1. The summed E-state index contributed by atoms with van der Waals surface area (Å²) in [5.74, 6) is 1.52. The molecule has 0 unspecified atom stereocenters. The van der Waals surface area contributed by atoms with Crippen molar-refractivity contribution in [2.24, 2.45) is 0 Å². The van der Waals surface area contributed by atoms with Gasteiger partial charge in [0.15, 0.2) is 10.9 Å².